The van der Waals surface area contributed by atoms with Crippen LogP contribution < -0.4 is 0 Å². The van der Waals surface area contributed by atoms with Gasteiger partial charge in [-0.1, -0.05) is 50.9 Å². The van der Waals surface area contributed by atoms with Crippen molar-refractivity contribution in [1.29, 1.82) is 0 Å². The first-order valence-corrected chi connectivity index (χ1v) is 13.3. The Morgan fingerprint density at radius 1 is 1.19 bits per heavy atom. The molecule has 1 aliphatic rings. The van der Waals surface area contributed by atoms with Gasteiger partial charge in [-0.2, -0.15) is 5.10 Å². The Bertz CT molecular complexity index is 1080. The number of ketones is 1. The maximum atomic E-state index is 13.7. The molecule has 0 bridgehead atoms. The van der Waals surface area contributed by atoms with E-state index in [0.717, 1.165) is 31.4 Å². The number of aliphatic hydroxyl groups excluding tert-OH is 1. The standard InChI is InChI=1S/C27H38Cl2N4O3/c1-17(34)11-27(6)9-7-19(8-10-27)33-18(2)20(12-31-33)25(36)32(16-26(3,4)5)15-23(35)24-21(28)13-30-14-22(24)29/h12-14,19,23,35H,7-11,15-16H2,1-6H3/t19-,23?,27-. The Kier molecular flexibility index (Phi) is 8.90. The highest BCUT2D eigenvalue weighted by Crippen LogP contribution is 2.43. The lowest BCUT2D eigenvalue weighted by Gasteiger charge is -2.37. The summed E-state index contributed by atoms with van der Waals surface area (Å²) in [6, 6.07) is 0.197. The fraction of sp³-hybridized carbons (Fsp3) is 0.630. The lowest BCUT2D eigenvalue weighted by molar-refractivity contribution is -0.119. The quantitative estimate of drug-likeness (QED) is 0.432. The monoisotopic (exact) mass is 536 g/mol. The van der Waals surface area contributed by atoms with Crippen molar-refractivity contribution < 1.29 is 14.7 Å². The summed E-state index contributed by atoms with van der Waals surface area (Å²) in [7, 11) is 0. The number of carbonyl (C=O) groups is 2. The van der Waals surface area contributed by atoms with Crippen molar-refractivity contribution in [1.82, 2.24) is 19.7 Å². The van der Waals surface area contributed by atoms with Crippen LogP contribution in [0.4, 0.5) is 0 Å². The van der Waals surface area contributed by atoms with Gasteiger partial charge in [-0.3, -0.25) is 14.5 Å². The zero-order valence-corrected chi connectivity index (χ0v) is 23.7. The van der Waals surface area contributed by atoms with Crippen molar-refractivity contribution in [3.05, 3.63) is 45.5 Å². The summed E-state index contributed by atoms with van der Waals surface area (Å²) in [5.41, 5.74) is 1.54. The van der Waals surface area contributed by atoms with Crippen molar-refractivity contribution in [2.45, 2.75) is 85.8 Å². The number of aromatic nitrogens is 3. The molecule has 3 rings (SSSR count). The van der Waals surface area contributed by atoms with Crippen LogP contribution in [0.15, 0.2) is 18.6 Å². The Morgan fingerprint density at radius 2 is 1.78 bits per heavy atom. The summed E-state index contributed by atoms with van der Waals surface area (Å²) < 4.78 is 1.96. The number of carbonyl (C=O) groups excluding carboxylic acids is 2. The lowest BCUT2D eigenvalue weighted by atomic mass is 9.71. The van der Waals surface area contributed by atoms with Crippen LogP contribution in [0.3, 0.4) is 0 Å². The highest BCUT2D eigenvalue weighted by Gasteiger charge is 2.35. The van der Waals surface area contributed by atoms with Gasteiger partial charge in [-0.25, -0.2) is 0 Å². The van der Waals surface area contributed by atoms with Crippen molar-refractivity contribution >= 4 is 34.9 Å². The van der Waals surface area contributed by atoms with Crippen LogP contribution >= 0.6 is 23.2 Å². The maximum Gasteiger partial charge on any atom is 0.257 e. The van der Waals surface area contributed by atoms with Crippen LogP contribution in [0.2, 0.25) is 10.0 Å². The zero-order valence-electron chi connectivity index (χ0n) is 22.1. The van der Waals surface area contributed by atoms with Crippen LogP contribution in [0.1, 0.15) is 100 Å². The molecule has 1 amide bonds. The van der Waals surface area contributed by atoms with Crippen LogP contribution in [0, 0.1) is 17.8 Å². The van der Waals surface area contributed by atoms with Gasteiger partial charge in [-0.15, -0.1) is 0 Å². The first kappa shape index (κ1) is 28.6. The molecule has 7 nitrogen and oxygen atoms in total. The van der Waals surface area contributed by atoms with E-state index in [0.29, 0.717) is 24.1 Å². The fourth-order valence-electron chi connectivity index (χ4n) is 5.33. The Morgan fingerprint density at radius 3 is 2.31 bits per heavy atom. The number of nitrogens with zero attached hydrogens (tertiary/aromatic N) is 4. The molecule has 1 atom stereocenters. The van der Waals surface area contributed by atoms with E-state index < -0.39 is 6.10 Å². The van der Waals surface area contributed by atoms with Crippen molar-refractivity contribution in [3.63, 3.8) is 0 Å². The van der Waals surface area contributed by atoms with E-state index in [-0.39, 0.29) is 45.2 Å². The summed E-state index contributed by atoms with van der Waals surface area (Å²) in [6.45, 7) is 12.4. The lowest BCUT2D eigenvalue weighted by Crippen LogP contribution is -2.40. The molecule has 0 aliphatic heterocycles. The van der Waals surface area contributed by atoms with E-state index in [1.54, 1.807) is 18.0 Å². The predicted molar refractivity (Wildman–Crippen MR) is 142 cm³/mol. The van der Waals surface area contributed by atoms with E-state index >= 15 is 0 Å². The number of halogens is 2. The second-order valence-electron chi connectivity index (χ2n) is 11.8. The molecular formula is C27H38Cl2N4O3. The minimum atomic E-state index is -1.06. The average molecular weight is 538 g/mol. The highest BCUT2D eigenvalue weighted by molar-refractivity contribution is 6.35. The molecule has 1 aliphatic carbocycles. The van der Waals surface area contributed by atoms with Crippen LogP contribution in [0.25, 0.3) is 0 Å². The molecule has 2 aromatic rings. The second kappa shape index (κ2) is 11.2. The number of amides is 1. The molecule has 2 aromatic heterocycles. The number of pyridine rings is 1. The van der Waals surface area contributed by atoms with Crippen molar-refractivity contribution in [2.24, 2.45) is 10.8 Å². The topological polar surface area (TPSA) is 88.3 Å². The van der Waals surface area contributed by atoms with Crippen LogP contribution in [-0.2, 0) is 4.79 Å². The Balaban J connectivity index is 1.81. The van der Waals surface area contributed by atoms with Gasteiger partial charge < -0.3 is 14.8 Å². The summed E-state index contributed by atoms with van der Waals surface area (Å²) >= 11 is 12.5. The van der Waals surface area contributed by atoms with Gasteiger partial charge >= 0.3 is 0 Å². The average Bonchev–Trinajstić information content (AvgIpc) is 3.12. The van der Waals surface area contributed by atoms with Gasteiger partial charge in [0, 0.05) is 36.6 Å². The largest absolute Gasteiger partial charge is 0.386 e. The third-order valence-corrected chi connectivity index (χ3v) is 7.63. The Hall–Kier alpha value is -1.96. The van der Waals surface area contributed by atoms with Gasteiger partial charge in [0.15, 0.2) is 0 Å². The van der Waals surface area contributed by atoms with E-state index in [1.165, 1.54) is 12.4 Å². The summed E-state index contributed by atoms with van der Waals surface area (Å²) in [4.78, 5) is 31.0. The fourth-order valence-corrected chi connectivity index (χ4v) is 5.94. The first-order valence-electron chi connectivity index (χ1n) is 12.5. The minimum absolute atomic E-state index is 0.0387. The van der Waals surface area contributed by atoms with Crippen LogP contribution in [-0.4, -0.2) is 49.6 Å². The number of aliphatic hydroxyl groups is 1. The number of Topliss-reactive ketones (excluding diaryl/α,β-unsaturated/α-hetero) is 1. The molecule has 1 saturated carbocycles. The summed E-state index contributed by atoms with van der Waals surface area (Å²) in [5, 5.41) is 16.1. The third kappa shape index (κ3) is 6.87. The molecule has 9 heteroatoms. The van der Waals surface area contributed by atoms with Crippen LogP contribution in [0.5, 0.6) is 0 Å². The van der Waals surface area contributed by atoms with Gasteiger partial charge in [0.1, 0.15) is 5.78 Å². The summed E-state index contributed by atoms with van der Waals surface area (Å²) in [5.74, 6) is 0.0424. The maximum absolute atomic E-state index is 13.7. The Labute approximate surface area is 224 Å². The zero-order chi connectivity index (χ0) is 26.8. The van der Waals surface area contributed by atoms with Crippen molar-refractivity contribution in [3.8, 4) is 0 Å². The van der Waals surface area contributed by atoms with Gasteiger partial charge in [0.25, 0.3) is 5.91 Å². The number of hydrogen-bond acceptors (Lipinski definition) is 5. The SMILES string of the molecule is CC(=O)C[C@]1(C)CC[C@@H](n2ncc(C(=O)N(CC(O)c3c(Cl)cncc3Cl)CC(C)(C)C)c2C)CC1. The molecule has 1 unspecified atom stereocenters. The smallest absolute Gasteiger partial charge is 0.257 e. The molecule has 198 valence electrons. The third-order valence-electron chi connectivity index (χ3n) is 7.03. The predicted octanol–water partition coefficient (Wildman–Crippen LogP) is 6.22. The van der Waals surface area contributed by atoms with Gasteiger partial charge in [0.05, 0.1) is 40.5 Å². The molecule has 0 spiro atoms. The molecule has 2 heterocycles. The normalized spacial score (nSPS) is 21.3. The highest BCUT2D eigenvalue weighted by atomic mass is 35.5. The molecular weight excluding hydrogens is 499 g/mol. The van der Waals surface area contributed by atoms with Crippen molar-refractivity contribution in [2.75, 3.05) is 13.1 Å². The first-order chi connectivity index (χ1) is 16.7. The van der Waals surface area contributed by atoms with Gasteiger partial charge in [0.2, 0.25) is 0 Å². The van der Waals surface area contributed by atoms with E-state index in [1.807, 2.05) is 32.4 Å². The van der Waals surface area contributed by atoms with Gasteiger partial charge in [-0.05, 0) is 50.4 Å². The molecule has 36 heavy (non-hydrogen) atoms. The minimum Gasteiger partial charge on any atom is -0.386 e. The number of rotatable bonds is 8. The molecule has 0 radical (unpaired) electrons. The molecule has 1 fully saturated rings. The number of hydrogen-bond donors (Lipinski definition) is 1. The van der Waals surface area contributed by atoms with E-state index in [9.17, 15) is 14.7 Å². The molecule has 0 saturated heterocycles. The molecule has 0 aromatic carbocycles. The van der Waals surface area contributed by atoms with E-state index in [2.05, 4.69) is 17.0 Å². The molecule has 1 N–H and O–H groups in total. The summed E-state index contributed by atoms with van der Waals surface area (Å²) in [6.07, 6.45) is 7.79. The second-order valence-corrected chi connectivity index (χ2v) is 12.6. The van der Waals surface area contributed by atoms with E-state index in [4.69, 9.17) is 23.2 Å².